The van der Waals surface area contributed by atoms with Crippen molar-refractivity contribution < 1.29 is 4.79 Å². The van der Waals surface area contributed by atoms with Gasteiger partial charge in [0.1, 0.15) is 5.78 Å². The molecule has 0 aliphatic rings. The lowest BCUT2D eigenvalue weighted by atomic mass is 10.1. The van der Waals surface area contributed by atoms with Crippen molar-refractivity contribution in [3.63, 3.8) is 0 Å². The van der Waals surface area contributed by atoms with Crippen LogP contribution in [0.1, 0.15) is 110 Å². The van der Waals surface area contributed by atoms with Gasteiger partial charge < -0.3 is 0 Å². The summed E-state index contributed by atoms with van der Waals surface area (Å²) >= 11 is 2.04. The number of carbonyl (C=O) groups excluding carboxylic acids is 1. The van der Waals surface area contributed by atoms with Crippen molar-refractivity contribution >= 4 is 17.5 Å². The summed E-state index contributed by atoms with van der Waals surface area (Å²) in [4.78, 5) is 11.5. The normalized spacial score (nSPS) is 11.0. The number of ketones is 1. The molecule has 22 heavy (non-hydrogen) atoms. The molecule has 0 saturated carbocycles. The molecule has 0 radical (unpaired) electrons. The summed E-state index contributed by atoms with van der Waals surface area (Å²) in [6.45, 7) is 4.43. The van der Waals surface area contributed by atoms with Gasteiger partial charge in [-0.3, -0.25) is 4.79 Å². The zero-order valence-corrected chi connectivity index (χ0v) is 16.2. The van der Waals surface area contributed by atoms with Crippen molar-refractivity contribution in [3.8, 4) is 0 Å². The topological polar surface area (TPSA) is 17.1 Å². The Labute approximate surface area is 144 Å². The van der Waals surface area contributed by atoms with E-state index in [4.69, 9.17) is 0 Å². The van der Waals surface area contributed by atoms with Crippen LogP contribution < -0.4 is 0 Å². The summed E-state index contributed by atoms with van der Waals surface area (Å²) in [7, 11) is 0. The average Bonchev–Trinajstić information content (AvgIpc) is 2.53. The van der Waals surface area contributed by atoms with E-state index in [2.05, 4.69) is 13.8 Å². The van der Waals surface area contributed by atoms with Crippen molar-refractivity contribution in [3.05, 3.63) is 0 Å². The van der Waals surface area contributed by atoms with Gasteiger partial charge in [0, 0.05) is 12.8 Å². The van der Waals surface area contributed by atoms with E-state index in [9.17, 15) is 4.79 Å². The van der Waals surface area contributed by atoms with Gasteiger partial charge in [-0.15, -0.1) is 0 Å². The zero-order chi connectivity index (χ0) is 16.3. The number of unbranched alkanes of at least 4 members (excludes halogenated alkanes) is 10. The Balaban J connectivity index is 3.04. The van der Waals surface area contributed by atoms with E-state index in [0.29, 0.717) is 5.78 Å². The molecule has 0 fully saturated rings. The number of Topliss-reactive ketones (excluding diaryl/α,β-unsaturated/α-hetero) is 1. The Bertz CT molecular complexity index is 228. The standard InChI is InChI=1S/C20H40OS/c1-3-5-7-8-9-10-11-12-13-14-18-22-19-15-17-20(21)16-6-4-2/h3-19H2,1-2H3. The molecule has 0 spiro atoms. The molecule has 0 atom stereocenters. The van der Waals surface area contributed by atoms with Crippen molar-refractivity contribution in [1.82, 2.24) is 0 Å². The van der Waals surface area contributed by atoms with E-state index in [1.165, 1.54) is 75.7 Å². The van der Waals surface area contributed by atoms with Gasteiger partial charge in [-0.05, 0) is 30.8 Å². The molecule has 132 valence electrons. The number of hydrogen-bond donors (Lipinski definition) is 0. The molecule has 1 nitrogen and oxygen atoms in total. The average molecular weight is 329 g/mol. The van der Waals surface area contributed by atoms with Crippen molar-refractivity contribution in [2.45, 2.75) is 110 Å². The molecule has 0 aromatic rings. The molecule has 0 aliphatic carbocycles. The maximum absolute atomic E-state index is 11.5. The first-order chi connectivity index (χ1) is 10.8. The van der Waals surface area contributed by atoms with Crippen LogP contribution in [0.25, 0.3) is 0 Å². The monoisotopic (exact) mass is 328 g/mol. The van der Waals surface area contributed by atoms with Gasteiger partial charge in [0.25, 0.3) is 0 Å². The van der Waals surface area contributed by atoms with Crippen LogP contribution in [0.3, 0.4) is 0 Å². The number of carbonyl (C=O) groups is 1. The molecule has 0 heterocycles. The molecule has 0 bridgehead atoms. The number of rotatable bonds is 18. The van der Waals surface area contributed by atoms with Gasteiger partial charge in [0.15, 0.2) is 0 Å². The van der Waals surface area contributed by atoms with E-state index in [1.807, 2.05) is 11.8 Å². The van der Waals surface area contributed by atoms with Crippen LogP contribution in [0, 0.1) is 0 Å². The molecule has 0 aromatic heterocycles. The first kappa shape index (κ1) is 22.0. The molecule has 0 rings (SSSR count). The van der Waals surface area contributed by atoms with Gasteiger partial charge >= 0.3 is 0 Å². The summed E-state index contributed by atoms with van der Waals surface area (Å²) in [5.74, 6) is 2.94. The van der Waals surface area contributed by atoms with Crippen LogP contribution in [0.2, 0.25) is 0 Å². The second-order valence-corrected chi connectivity index (χ2v) is 7.76. The number of hydrogen-bond acceptors (Lipinski definition) is 2. The molecule has 0 saturated heterocycles. The van der Waals surface area contributed by atoms with E-state index in [0.717, 1.165) is 32.1 Å². The van der Waals surface area contributed by atoms with Gasteiger partial charge in [-0.2, -0.15) is 11.8 Å². The van der Waals surface area contributed by atoms with Crippen LogP contribution in [0.15, 0.2) is 0 Å². The Hall–Kier alpha value is 0.0200. The maximum Gasteiger partial charge on any atom is 0.132 e. The lowest BCUT2D eigenvalue weighted by Crippen LogP contribution is -1.98. The lowest BCUT2D eigenvalue weighted by Gasteiger charge is -2.03. The summed E-state index contributed by atoms with van der Waals surface area (Å²) in [5, 5.41) is 0. The van der Waals surface area contributed by atoms with E-state index >= 15 is 0 Å². The SMILES string of the molecule is CCCCCCCCCCCCSCCCC(=O)CCCC. The van der Waals surface area contributed by atoms with E-state index in [1.54, 1.807) is 0 Å². The second kappa shape index (κ2) is 19.1. The van der Waals surface area contributed by atoms with Gasteiger partial charge in [0.05, 0.1) is 0 Å². The predicted octanol–water partition coefficient (Wildman–Crippen LogP) is 7.18. The molecular formula is C20H40OS. The maximum atomic E-state index is 11.5. The van der Waals surface area contributed by atoms with Crippen molar-refractivity contribution in [2.75, 3.05) is 11.5 Å². The van der Waals surface area contributed by atoms with Gasteiger partial charge in [-0.1, -0.05) is 78.1 Å². The highest BCUT2D eigenvalue weighted by Gasteiger charge is 2.00. The summed E-state index contributed by atoms with van der Waals surface area (Å²) in [6, 6.07) is 0. The first-order valence-corrected chi connectivity index (χ1v) is 11.1. The highest BCUT2D eigenvalue weighted by Crippen LogP contribution is 2.13. The van der Waals surface area contributed by atoms with Gasteiger partial charge in [-0.25, -0.2) is 0 Å². The minimum atomic E-state index is 0.474. The van der Waals surface area contributed by atoms with E-state index in [-0.39, 0.29) is 0 Å². The minimum Gasteiger partial charge on any atom is -0.300 e. The van der Waals surface area contributed by atoms with Crippen molar-refractivity contribution in [2.24, 2.45) is 0 Å². The molecule has 2 heteroatoms. The fourth-order valence-corrected chi connectivity index (χ4v) is 3.62. The van der Waals surface area contributed by atoms with Crippen LogP contribution >= 0.6 is 11.8 Å². The quantitative estimate of drug-likeness (QED) is 0.248. The van der Waals surface area contributed by atoms with Crippen LogP contribution in [-0.2, 0) is 4.79 Å². The summed E-state index contributed by atoms with van der Waals surface area (Å²) in [6.07, 6.45) is 19.1. The van der Waals surface area contributed by atoms with Gasteiger partial charge in [0.2, 0.25) is 0 Å². The minimum absolute atomic E-state index is 0.474. The highest BCUT2D eigenvalue weighted by atomic mass is 32.2. The predicted molar refractivity (Wildman–Crippen MR) is 103 cm³/mol. The molecule has 0 aliphatic heterocycles. The summed E-state index contributed by atoms with van der Waals surface area (Å²) in [5.41, 5.74) is 0. The molecule has 0 N–H and O–H groups in total. The third kappa shape index (κ3) is 18.1. The fourth-order valence-electron chi connectivity index (χ4n) is 2.66. The fraction of sp³-hybridized carbons (Fsp3) is 0.950. The Morgan fingerprint density at radius 1 is 0.591 bits per heavy atom. The third-order valence-corrected chi connectivity index (χ3v) is 5.35. The Morgan fingerprint density at radius 3 is 1.64 bits per heavy atom. The first-order valence-electron chi connectivity index (χ1n) is 9.90. The van der Waals surface area contributed by atoms with Crippen LogP contribution in [-0.4, -0.2) is 17.3 Å². The van der Waals surface area contributed by atoms with E-state index < -0.39 is 0 Å². The Morgan fingerprint density at radius 2 is 1.05 bits per heavy atom. The molecular weight excluding hydrogens is 288 g/mol. The number of thioether (sulfide) groups is 1. The molecule has 0 unspecified atom stereocenters. The molecule has 0 amide bonds. The third-order valence-electron chi connectivity index (χ3n) is 4.20. The van der Waals surface area contributed by atoms with Crippen LogP contribution in [0.5, 0.6) is 0 Å². The largest absolute Gasteiger partial charge is 0.300 e. The molecule has 0 aromatic carbocycles. The van der Waals surface area contributed by atoms with Crippen molar-refractivity contribution in [1.29, 1.82) is 0 Å². The zero-order valence-electron chi connectivity index (χ0n) is 15.3. The Kier molecular flexibility index (Phi) is 19.1. The lowest BCUT2D eigenvalue weighted by molar-refractivity contribution is -0.119. The highest BCUT2D eigenvalue weighted by molar-refractivity contribution is 7.99. The smallest absolute Gasteiger partial charge is 0.132 e. The summed E-state index contributed by atoms with van der Waals surface area (Å²) < 4.78 is 0. The van der Waals surface area contributed by atoms with Crippen LogP contribution in [0.4, 0.5) is 0 Å². The second-order valence-electron chi connectivity index (χ2n) is 6.54.